The minimum absolute atomic E-state index is 0.0467. The van der Waals surface area contributed by atoms with Crippen LogP contribution >= 0.6 is 11.8 Å². The number of benzene rings is 1. The fraction of sp³-hybridized carbons (Fsp3) is 0.429. The molecule has 2 aromatic rings. The number of non-ortho nitro benzene ring substituents is 1. The normalized spacial score (nSPS) is 18.8. The van der Waals surface area contributed by atoms with Crippen LogP contribution in [0.4, 0.5) is 5.69 Å². The molecule has 1 aromatic carbocycles. The van der Waals surface area contributed by atoms with E-state index in [1.165, 1.54) is 25.0 Å². The van der Waals surface area contributed by atoms with Crippen LogP contribution in [-0.4, -0.2) is 33.7 Å². The zero-order valence-corrected chi connectivity index (χ0v) is 12.3. The maximum atomic E-state index is 10.7. The SMILES string of the molecule is O=[N+]([O-])c1ccc2nc(SCC3CCCNC3)cnc2c1. The van der Waals surface area contributed by atoms with E-state index in [4.69, 9.17) is 0 Å². The average molecular weight is 304 g/mol. The van der Waals surface area contributed by atoms with Crippen LogP contribution in [0.25, 0.3) is 11.0 Å². The van der Waals surface area contributed by atoms with Gasteiger partial charge in [-0.1, -0.05) is 0 Å². The smallest absolute Gasteiger partial charge is 0.271 e. The summed E-state index contributed by atoms with van der Waals surface area (Å²) in [6.07, 6.45) is 4.19. The van der Waals surface area contributed by atoms with E-state index in [9.17, 15) is 10.1 Å². The Kier molecular flexibility index (Phi) is 4.31. The molecular formula is C14H16N4O2S. The summed E-state index contributed by atoms with van der Waals surface area (Å²) in [6.45, 7) is 2.19. The van der Waals surface area contributed by atoms with Crippen molar-refractivity contribution in [2.75, 3.05) is 18.8 Å². The van der Waals surface area contributed by atoms with E-state index in [0.717, 1.165) is 23.9 Å². The summed E-state index contributed by atoms with van der Waals surface area (Å²) in [6, 6.07) is 4.59. The van der Waals surface area contributed by atoms with E-state index < -0.39 is 4.92 Å². The predicted molar refractivity (Wildman–Crippen MR) is 82.5 cm³/mol. The molecule has 1 N–H and O–H groups in total. The third kappa shape index (κ3) is 3.48. The molecule has 1 aromatic heterocycles. The maximum absolute atomic E-state index is 10.7. The van der Waals surface area contributed by atoms with Crippen molar-refractivity contribution in [3.63, 3.8) is 0 Å². The van der Waals surface area contributed by atoms with E-state index in [2.05, 4.69) is 15.3 Å². The molecule has 0 amide bonds. The zero-order chi connectivity index (χ0) is 14.7. The molecule has 2 heterocycles. The van der Waals surface area contributed by atoms with E-state index >= 15 is 0 Å². The van der Waals surface area contributed by atoms with Gasteiger partial charge in [-0.2, -0.15) is 0 Å². The highest BCUT2D eigenvalue weighted by molar-refractivity contribution is 7.99. The second-order valence-corrected chi connectivity index (χ2v) is 6.20. The van der Waals surface area contributed by atoms with Crippen LogP contribution in [0.15, 0.2) is 29.4 Å². The molecule has 3 rings (SSSR count). The summed E-state index contributed by atoms with van der Waals surface area (Å²) in [5.74, 6) is 1.71. The zero-order valence-electron chi connectivity index (χ0n) is 11.5. The minimum Gasteiger partial charge on any atom is -0.316 e. The van der Waals surface area contributed by atoms with Crippen molar-refractivity contribution < 1.29 is 4.92 Å². The fourth-order valence-corrected chi connectivity index (χ4v) is 3.42. The fourth-order valence-electron chi connectivity index (χ4n) is 2.43. The van der Waals surface area contributed by atoms with Gasteiger partial charge in [0.1, 0.15) is 5.03 Å². The molecule has 1 aliphatic rings. The van der Waals surface area contributed by atoms with Crippen molar-refractivity contribution in [3.8, 4) is 0 Å². The number of aromatic nitrogens is 2. The van der Waals surface area contributed by atoms with Gasteiger partial charge in [0.2, 0.25) is 0 Å². The molecular weight excluding hydrogens is 288 g/mol. The van der Waals surface area contributed by atoms with Crippen LogP contribution in [0.1, 0.15) is 12.8 Å². The lowest BCUT2D eigenvalue weighted by molar-refractivity contribution is -0.384. The first-order valence-corrected chi connectivity index (χ1v) is 7.95. The standard InChI is InChI=1S/C14H16N4O2S/c19-18(20)11-3-4-12-13(6-11)16-8-14(17-12)21-9-10-2-1-5-15-7-10/h3-4,6,8,10,15H,1-2,5,7,9H2. The lowest BCUT2D eigenvalue weighted by Gasteiger charge is -2.21. The number of nitrogens with one attached hydrogen (secondary N) is 1. The van der Waals surface area contributed by atoms with Gasteiger partial charge in [0, 0.05) is 17.9 Å². The molecule has 0 spiro atoms. The third-order valence-electron chi connectivity index (χ3n) is 3.58. The summed E-state index contributed by atoms with van der Waals surface area (Å²) < 4.78 is 0. The van der Waals surface area contributed by atoms with Crippen LogP contribution in [0.2, 0.25) is 0 Å². The van der Waals surface area contributed by atoms with E-state index in [1.54, 1.807) is 24.0 Å². The Labute approximate surface area is 126 Å². The number of nitro groups is 1. The van der Waals surface area contributed by atoms with Gasteiger partial charge in [0.05, 0.1) is 22.2 Å². The second-order valence-electron chi connectivity index (χ2n) is 5.16. The molecule has 6 nitrogen and oxygen atoms in total. The van der Waals surface area contributed by atoms with E-state index in [-0.39, 0.29) is 5.69 Å². The molecule has 21 heavy (non-hydrogen) atoms. The Morgan fingerprint density at radius 1 is 1.43 bits per heavy atom. The quantitative estimate of drug-likeness (QED) is 0.531. The molecule has 1 atom stereocenters. The van der Waals surface area contributed by atoms with Crippen molar-refractivity contribution in [2.45, 2.75) is 17.9 Å². The predicted octanol–water partition coefficient (Wildman–Crippen LogP) is 2.63. The van der Waals surface area contributed by atoms with Crippen LogP contribution in [0.3, 0.4) is 0 Å². The highest BCUT2D eigenvalue weighted by atomic mass is 32.2. The number of hydrogen-bond donors (Lipinski definition) is 1. The van der Waals surface area contributed by atoms with Crippen LogP contribution in [0, 0.1) is 16.0 Å². The van der Waals surface area contributed by atoms with Gasteiger partial charge < -0.3 is 5.32 Å². The largest absolute Gasteiger partial charge is 0.316 e. The number of piperidine rings is 1. The molecule has 1 saturated heterocycles. The van der Waals surface area contributed by atoms with Gasteiger partial charge in [-0.15, -0.1) is 11.8 Å². The molecule has 1 fully saturated rings. The molecule has 0 aliphatic carbocycles. The van der Waals surface area contributed by atoms with Gasteiger partial charge >= 0.3 is 0 Å². The number of thioether (sulfide) groups is 1. The van der Waals surface area contributed by atoms with Crippen molar-refractivity contribution in [2.24, 2.45) is 5.92 Å². The van der Waals surface area contributed by atoms with Crippen LogP contribution in [0.5, 0.6) is 0 Å². The minimum atomic E-state index is -0.417. The Bertz CT molecular complexity index is 658. The topological polar surface area (TPSA) is 81.0 Å². The summed E-state index contributed by atoms with van der Waals surface area (Å²) in [7, 11) is 0. The molecule has 0 bridgehead atoms. The Morgan fingerprint density at radius 2 is 2.33 bits per heavy atom. The molecule has 7 heteroatoms. The number of rotatable bonds is 4. The number of nitro benzene ring substituents is 1. The van der Waals surface area contributed by atoms with Crippen LogP contribution in [-0.2, 0) is 0 Å². The highest BCUT2D eigenvalue weighted by Gasteiger charge is 2.14. The van der Waals surface area contributed by atoms with E-state index in [1.807, 2.05) is 0 Å². The third-order valence-corrected chi connectivity index (χ3v) is 4.71. The molecule has 110 valence electrons. The Morgan fingerprint density at radius 3 is 3.10 bits per heavy atom. The maximum Gasteiger partial charge on any atom is 0.271 e. The van der Waals surface area contributed by atoms with Gasteiger partial charge in [-0.25, -0.2) is 4.98 Å². The van der Waals surface area contributed by atoms with Crippen molar-refractivity contribution >= 4 is 28.5 Å². The van der Waals surface area contributed by atoms with Gasteiger partial charge in [-0.3, -0.25) is 15.1 Å². The highest BCUT2D eigenvalue weighted by Crippen LogP contribution is 2.24. The van der Waals surface area contributed by atoms with Gasteiger partial charge in [0.15, 0.2) is 0 Å². The van der Waals surface area contributed by atoms with Crippen LogP contribution < -0.4 is 5.32 Å². The van der Waals surface area contributed by atoms with Gasteiger partial charge in [0.25, 0.3) is 5.69 Å². The Hall–Kier alpha value is -1.73. The van der Waals surface area contributed by atoms with E-state index in [0.29, 0.717) is 17.0 Å². The lowest BCUT2D eigenvalue weighted by atomic mass is 10.0. The molecule has 1 unspecified atom stereocenters. The monoisotopic (exact) mass is 304 g/mol. The average Bonchev–Trinajstić information content (AvgIpc) is 2.53. The number of nitrogens with zero attached hydrogens (tertiary/aromatic N) is 3. The second kappa shape index (κ2) is 6.36. The first-order valence-electron chi connectivity index (χ1n) is 6.97. The Balaban J connectivity index is 1.71. The molecule has 0 saturated carbocycles. The summed E-state index contributed by atoms with van der Waals surface area (Å²) in [5, 5.41) is 15.0. The molecule has 1 aliphatic heterocycles. The van der Waals surface area contributed by atoms with Crippen molar-refractivity contribution in [1.29, 1.82) is 0 Å². The number of hydrogen-bond acceptors (Lipinski definition) is 6. The van der Waals surface area contributed by atoms with Crippen molar-refractivity contribution in [1.82, 2.24) is 15.3 Å². The first kappa shape index (κ1) is 14.2. The first-order chi connectivity index (χ1) is 10.2. The van der Waals surface area contributed by atoms with Gasteiger partial charge in [-0.05, 0) is 37.9 Å². The summed E-state index contributed by atoms with van der Waals surface area (Å²) in [4.78, 5) is 19.1. The summed E-state index contributed by atoms with van der Waals surface area (Å²) >= 11 is 1.70. The molecule has 0 radical (unpaired) electrons. The summed E-state index contributed by atoms with van der Waals surface area (Å²) in [5.41, 5.74) is 1.31. The lowest BCUT2D eigenvalue weighted by Crippen LogP contribution is -2.30. The number of fused-ring (bicyclic) bond motifs is 1. The van der Waals surface area contributed by atoms with Crippen molar-refractivity contribution in [3.05, 3.63) is 34.5 Å².